The first-order valence-corrected chi connectivity index (χ1v) is 9.52. The Morgan fingerprint density at radius 3 is 2.50 bits per heavy atom. The molecule has 0 radical (unpaired) electrons. The number of carbonyl (C=O) groups excluding carboxylic acids is 1. The summed E-state index contributed by atoms with van der Waals surface area (Å²) in [5.74, 6) is -0.905. The van der Waals surface area contributed by atoms with Crippen molar-refractivity contribution in [2.24, 2.45) is 0 Å². The molecule has 3 N–H and O–H groups in total. The van der Waals surface area contributed by atoms with Crippen molar-refractivity contribution >= 4 is 17.7 Å². The summed E-state index contributed by atoms with van der Waals surface area (Å²) >= 11 is 0. The van der Waals surface area contributed by atoms with Crippen molar-refractivity contribution in [2.75, 3.05) is 4.90 Å². The Labute approximate surface area is 172 Å². The first-order chi connectivity index (χ1) is 14.3. The van der Waals surface area contributed by atoms with Gasteiger partial charge in [0.15, 0.2) is 0 Å². The number of aromatic hydroxyl groups is 2. The summed E-state index contributed by atoms with van der Waals surface area (Å²) in [6, 6.07) is 10.9. The van der Waals surface area contributed by atoms with Crippen molar-refractivity contribution in [1.82, 2.24) is 9.78 Å². The Morgan fingerprint density at radius 2 is 1.83 bits per heavy atom. The summed E-state index contributed by atoms with van der Waals surface area (Å²) in [5, 5.41) is 33.4. The van der Waals surface area contributed by atoms with E-state index in [1.807, 2.05) is 24.3 Å². The number of aromatic nitrogens is 2. The van der Waals surface area contributed by atoms with Crippen LogP contribution in [-0.4, -0.2) is 37.1 Å². The minimum atomic E-state index is -1.19. The summed E-state index contributed by atoms with van der Waals surface area (Å²) in [5.41, 5.74) is 3.41. The topological polar surface area (TPSA) is 116 Å². The van der Waals surface area contributed by atoms with Crippen molar-refractivity contribution < 1.29 is 24.9 Å². The van der Waals surface area contributed by atoms with Gasteiger partial charge in [-0.25, -0.2) is 4.79 Å². The Morgan fingerprint density at radius 1 is 1.10 bits per heavy atom. The molecule has 2 heterocycles. The predicted octanol–water partition coefficient (Wildman–Crippen LogP) is 3.77. The maximum Gasteiger partial charge on any atom is 0.432 e. The fraction of sp³-hybridized carbons (Fsp3) is 0.227. The molecule has 0 saturated carbocycles. The quantitative estimate of drug-likeness (QED) is 0.595. The van der Waals surface area contributed by atoms with Crippen LogP contribution in [0.15, 0.2) is 42.5 Å². The molecule has 1 unspecified atom stereocenters. The number of carbonyl (C=O) groups is 2. The minimum absolute atomic E-state index is 0.0513. The maximum atomic E-state index is 13.6. The van der Waals surface area contributed by atoms with E-state index in [2.05, 4.69) is 5.10 Å². The van der Waals surface area contributed by atoms with Gasteiger partial charge in [0.2, 0.25) is 0 Å². The highest BCUT2D eigenvalue weighted by Gasteiger charge is 2.37. The second kappa shape index (κ2) is 7.22. The van der Waals surface area contributed by atoms with Gasteiger partial charge in [-0.05, 0) is 50.5 Å². The standard InChI is InChI=1S/C22H21N3O5/c1-12-20(13(2)25(23-12)22(29)30)18-10-7-14-5-3-4-6-17(14)24(18)21(28)16-9-8-15(26)11-19(16)27/h3-6,8-9,11,18,26-27H,7,10H2,1-2H3,(H,29,30). The van der Waals surface area contributed by atoms with Gasteiger partial charge in [-0.2, -0.15) is 9.78 Å². The smallest absolute Gasteiger partial charge is 0.432 e. The largest absolute Gasteiger partial charge is 0.508 e. The van der Waals surface area contributed by atoms with Crippen molar-refractivity contribution in [3.05, 3.63) is 70.5 Å². The van der Waals surface area contributed by atoms with E-state index >= 15 is 0 Å². The third kappa shape index (κ3) is 3.06. The van der Waals surface area contributed by atoms with Crippen LogP contribution in [0.5, 0.6) is 11.5 Å². The number of rotatable bonds is 2. The van der Waals surface area contributed by atoms with Gasteiger partial charge in [0, 0.05) is 17.3 Å². The van der Waals surface area contributed by atoms with Gasteiger partial charge in [-0.3, -0.25) is 4.79 Å². The van der Waals surface area contributed by atoms with E-state index < -0.39 is 18.0 Å². The Balaban J connectivity index is 1.89. The molecule has 1 aliphatic rings. The number of amides is 1. The SMILES string of the molecule is Cc1nn(C(=O)O)c(C)c1C1CCc2ccccc2N1C(=O)c1ccc(O)cc1O. The van der Waals surface area contributed by atoms with Crippen LogP contribution in [0, 0.1) is 13.8 Å². The van der Waals surface area contributed by atoms with Gasteiger partial charge in [-0.1, -0.05) is 18.2 Å². The van der Waals surface area contributed by atoms with E-state index in [1.165, 1.54) is 12.1 Å². The number of aryl methyl sites for hydroxylation is 2. The zero-order valence-corrected chi connectivity index (χ0v) is 16.5. The molecule has 8 heteroatoms. The summed E-state index contributed by atoms with van der Waals surface area (Å²) in [7, 11) is 0. The highest BCUT2D eigenvalue weighted by molar-refractivity contribution is 6.09. The summed E-state index contributed by atoms with van der Waals surface area (Å²) < 4.78 is 0.922. The van der Waals surface area contributed by atoms with E-state index in [0.29, 0.717) is 35.5 Å². The normalized spacial score (nSPS) is 15.7. The molecular weight excluding hydrogens is 386 g/mol. The van der Waals surface area contributed by atoms with Gasteiger partial charge in [0.25, 0.3) is 5.91 Å². The lowest BCUT2D eigenvalue weighted by molar-refractivity contribution is 0.0970. The lowest BCUT2D eigenvalue weighted by Gasteiger charge is -2.38. The summed E-state index contributed by atoms with van der Waals surface area (Å²) in [6.45, 7) is 3.40. The Bertz CT molecular complexity index is 1170. The van der Waals surface area contributed by atoms with E-state index in [0.717, 1.165) is 16.3 Å². The number of carboxylic acid groups (broad SMARTS) is 1. The molecule has 30 heavy (non-hydrogen) atoms. The van der Waals surface area contributed by atoms with Crippen LogP contribution in [-0.2, 0) is 6.42 Å². The van der Waals surface area contributed by atoms with E-state index in [-0.39, 0.29) is 17.1 Å². The third-order valence-electron chi connectivity index (χ3n) is 5.54. The van der Waals surface area contributed by atoms with Gasteiger partial charge >= 0.3 is 6.09 Å². The molecule has 0 fully saturated rings. The zero-order chi connectivity index (χ0) is 21.6. The number of benzene rings is 2. The molecule has 1 aliphatic heterocycles. The number of phenols is 2. The molecule has 154 valence electrons. The van der Waals surface area contributed by atoms with Crippen molar-refractivity contribution in [2.45, 2.75) is 32.7 Å². The molecule has 3 aromatic rings. The number of hydrogen-bond acceptors (Lipinski definition) is 5. The Hall–Kier alpha value is -3.81. The molecule has 8 nitrogen and oxygen atoms in total. The van der Waals surface area contributed by atoms with Crippen LogP contribution >= 0.6 is 0 Å². The predicted molar refractivity (Wildman–Crippen MR) is 109 cm³/mol. The number of anilines is 1. The second-order valence-electron chi connectivity index (χ2n) is 7.34. The van der Waals surface area contributed by atoms with Crippen LogP contribution in [0.25, 0.3) is 0 Å². The summed E-state index contributed by atoms with van der Waals surface area (Å²) in [4.78, 5) is 26.7. The monoisotopic (exact) mass is 407 g/mol. The van der Waals surface area contributed by atoms with Gasteiger partial charge < -0.3 is 20.2 Å². The zero-order valence-electron chi connectivity index (χ0n) is 16.5. The van der Waals surface area contributed by atoms with Crippen LogP contribution < -0.4 is 4.90 Å². The number of hydrogen-bond donors (Lipinski definition) is 3. The van der Waals surface area contributed by atoms with E-state index in [9.17, 15) is 24.9 Å². The lowest BCUT2D eigenvalue weighted by Crippen LogP contribution is -2.39. The molecule has 2 aromatic carbocycles. The van der Waals surface area contributed by atoms with Gasteiger partial charge in [0.1, 0.15) is 11.5 Å². The number of para-hydroxylation sites is 1. The summed E-state index contributed by atoms with van der Waals surface area (Å²) in [6.07, 6.45) is 0.102. The average Bonchev–Trinajstić information content (AvgIpc) is 3.01. The maximum absolute atomic E-state index is 13.6. The highest BCUT2D eigenvalue weighted by Crippen LogP contribution is 2.42. The molecule has 1 atom stereocenters. The van der Waals surface area contributed by atoms with E-state index in [1.54, 1.807) is 18.7 Å². The molecular formula is C22H21N3O5. The molecule has 0 saturated heterocycles. The molecule has 4 rings (SSSR count). The van der Waals surface area contributed by atoms with Crippen LogP contribution in [0.4, 0.5) is 10.5 Å². The molecule has 0 aliphatic carbocycles. The van der Waals surface area contributed by atoms with Gasteiger partial charge in [0.05, 0.1) is 23.0 Å². The van der Waals surface area contributed by atoms with Crippen molar-refractivity contribution in [3.8, 4) is 11.5 Å². The lowest BCUT2D eigenvalue weighted by atomic mass is 9.89. The van der Waals surface area contributed by atoms with Crippen LogP contribution in [0.2, 0.25) is 0 Å². The first kappa shape index (κ1) is 19.5. The molecule has 1 aromatic heterocycles. The Kier molecular flexibility index (Phi) is 4.69. The minimum Gasteiger partial charge on any atom is -0.508 e. The van der Waals surface area contributed by atoms with Crippen LogP contribution in [0.1, 0.15) is 45.3 Å². The fourth-order valence-electron chi connectivity index (χ4n) is 4.22. The highest BCUT2D eigenvalue weighted by atomic mass is 16.4. The molecule has 0 spiro atoms. The average molecular weight is 407 g/mol. The van der Waals surface area contributed by atoms with Crippen LogP contribution in [0.3, 0.4) is 0 Å². The van der Waals surface area contributed by atoms with Crippen molar-refractivity contribution in [1.29, 1.82) is 0 Å². The third-order valence-corrected chi connectivity index (χ3v) is 5.54. The number of nitrogens with zero attached hydrogens (tertiary/aromatic N) is 3. The van der Waals surface area contributed by atoms with Gasteiger partial charge in [-0.15, -0.1) is 0 Å². The fourth-order valence-corrected chi connectivity index (χ4v) is 4.22. The van der Waals surface area contributed by atoms with Crippen molar-refractivity contribution in [3.63, 3.8) is 0 Å². The number of phenolic OH excluding ortho intramolecular Hbond substituents is 2. The van der Waals surface area contributed by atoms with E-state index in [4.69, 9.17) is 0 Å². The second-order valence-corrected chi connectivity index (χ2v) is 7.34. The molecule has 0 bridgehead atoms. The first-order valence-electron chi connectivity index (χ1n) is 9.52. The number of fused-ring (bicyclic) bond motifs is 1. The molecule has 1 amide bonds.